The summed E-state index contributed by atoms with van der Waals surface area (Å²) < 4.78 is 37.1. The molecule has 1 aromatic carbocycles. The Morgan fingerprint density at radius 2 is 2.00 bits per heavy atom. The smallest absolute Gasteiger partial charge is 0.383 e. The van der Waals surface area contributed by atoms with Crippen molar-refractivity contribution in [1.29, 1.82) is 0 Å². The Morgan fingerprint density at radius 1 is 1.44 bits per heavy atom. The summed E-state index contributed by atoms with van der Waals surface area (Å²) in [5.74, 6) is 0. The minimum absolute atomic E-state index is 0.180. The summed E-state index contributed by atoms with van der Waals surface area (Å²) in [6.45, 7) is 0. The Kier molecular flexibility index (Phi) is 3.41. The number of rotatable bonds is 2. The molecule has 88 valence electrons. The standard InChI is InChI=1S/C8H6BrF3N2O2/c1-13-6-2-4(8(10,11)12)5(9)3-7(6)14(15)16/h2-3,13H,1H3. The van der Waals surface area contributed by atoms with Gasteiger partial charge in [0.1, 0.15) is 5.69 Å². The zero-order valence-electron chi connectivity index (χ0n) is 7.93. The van der Waals surface area contributed by atoms with E-state index < -0.39 is 22.4 Å². The Balaban J connectivity index is 3.43. The highest BCUT2D eigenvalue weighted by Gasteiger charge is 2.35. The topological polar surface area (TPSA) is 55.2 Å². The Hall–Kier alpha value is -1.31. The minimum Gasteiger partial charge on any atom is -0.383 e. The van der Waals surface area contributed by atoms with Crippen LogP contribution in [0.15, 0.2) is 16.6 Å². The molecule has 0 saturated carbocycles. The molecule has 0 aliphatic heterocycles. The normalized spacial score (nSPS) is 11.3. The average molecular weight is 299 g/mol. The molecule has 0 atom stereocenters. The first-order valence-corrected chi connectivity index (χ1v) is 4.79. The van der Waals surface area contributed by atoms with Gasteiger partial charge < -0.3 is 5.32 Å². The van der Waals surface area contributed by atoms with E-state index in [1.807, 2.05) is 0 Å². The van der Waals surface area contributed by atoms with Gasteiger partial charge in [-0.05, 0) is 22.0 Å². The maximum atomic E-state index is 12.5. The number of nitrogens with zero attached hydrogens (tertiary/aromatic N) is 1. The summed E-state index contributed by atoms with van der Waals surface area (Å²) in [4.78, 5) is 9.80. The van der Waals surface area contributed by atoms with Crippen LogP contribution in [0.1, 0.15) is 5.56 Å². The van der Waals surface area contributed by atoms with Crippen molar-refractivity contribution in [3.05, 3.63) is 32.3 Å². The van der Waals surface area contributed by atoms with Gasteiger partial charge in [-0.2, -0.15) is 13.2 Å². The summed E-state index contributed by atoms with van der Waals surface area (Å²) in [7, 11) is 1.32. The minimum atomic E-state index is -4.56. The number of benzene rings is 1. The molecule has 1 rings (SSSR count). The third-order valence-corrected chi connectivity index (χ3v) is 2.51. The summed E-state index contributed by atoms with van der Waals surface area (Å²) in [5.41, 5.74) is -1.55. The Labute approximate surface area is 96.7 Å². The van der Waals surface area contributed by atoms with E-state index in [1.165, 1.54) is 7.05 Å². The summed E-state index contributed by atoms with van der Waals surface area (Å²) in [5, 5.41) is 12.9. The summed E-state index contributed by atoms with van der Waals surface area (Å²) >= 11 is 2.66. The highest BCUT2D eigenvalue weighted by atomic mass is 79.9. The highest BCUT2D eigenvalue weighted by Crippen LogP contribution is 2.40. The maximum Gasteiger partial charge on any atom is 0.417 e. The van der Waals surface area contributed by atoms with Crippen molar-refractivity contribution < 1.29 is 18.1 Å². The lowest BCUT2D eigenvalue weighted by atomic mass is 10.1. The van der Waals surface area contributed by atoms with Crippen LogP contribution in [0, 0.1) is 10.1 Å². The van der Waals surface area contributed by atoms with Crippen LogP contribution in [0.2, 0.25) is 0 Å². The molecule has 4 nitrogen and oxygen atoms in total. The SMILES string of the molecule is CNc1cc(C(F)(F)F)c(Br)cc1[N+](=O)[O-]. The molecule has 0 aliphatic rings. The second-order valence-electron chi connectivity index (χ2n) is 2.85. The molecule has 0 amide bonds. The van der Waals surface area contributed by atoms with Gasteiger partial charge in [0.15, 0.2) is 0 Å². The first-order chi connectivity index (χ1) is 7.27. The fourth-order valence-corrected chi connectivity index (χ4v) is 1.69. The molecule has 0 fully saturated rings. The predicted octanol–water partition coefficient (Wildman–Crippen LogP) is 3.42. The molecule has 0 spiro atoms. The average Bonchev–Trinajstić information content (AvgIpc) is 2.15. The highest BCUT2D eigenvalue weighted by molar-refractivity contribution is 9.10. The van der Waals surface area contributed by atoms with Gasteiger partial charge in [-0.3, -0.25) is 10.1 Å². The predicted molar refractivity (Wildman–Crippen MR) is 55.3 cm³/mol. The molecule has 1 N–H and O–H groups in total. The van der Waals surface area contributed by atoms with Gasteiger partial charge in [0, 0.05) is 17.6 Å². The zero-order valence-corrected chi connectivity index (χ0v) is 9.52. The van der Waals surface area contributed by atoms with Crippen molar-refractivity contribution in [2.24, 2.45) is 0 Å². The molecule has 16 heavy (non-hydrogen) atoms. The molecule has 0 heterocycles. The largest absolute Gasteiger partial charge is 0.417 e. The van der Waals surface area contributed by atoms with Gasteiger partial charge in [-0.15, -0.1) is 0 Å². The van der Waals surface area contributed by atoms with Crippen molar-refractivity contribution in [2.75, 3.05) is 12.4 Å². The van der Waals surface area contributed by atoms with Crippen molar-refractivity contribution in [3.63, 3.8) is 0 Å². The number of hydrogen-bond acceptors (Lipinski definition) is 3. The van der Waals surface area contributed by atoms with Gasteiger partial charge >= 0.3 is 6.18 Å². The molecule has 0 aromatic heterocycles. The van der Waals surface area contributed by atoms with E-state index in [0.717, 1.165) is 6.07 Å². The number of nitro benzene ring substituents is 1. The van der Waals surface area contributed by atoms with Crippen LogP contribution in [0.3, 0.4) is 0 Å². The maximum absolute atomic E-state index is 12.5. The van der Waals surface area contributed by atoms with Gasteiger partial charge in [0.05, 0.1) is 10.5 Å². The van der Waals surface area contributed by atoms with E-state index in [1.54, 1.807) is 0 Å². The van der Waals surface area contributed by atoms with Crippen LogP contribution in [0.4, 0.5) is 24.5 Å². The third-order valence-electron chi connectivity index (χ3n) is 1.86. The number of hydrogen-bond donors (Lipinski definition) is 1. The molecule has 0 bridgehead atoms. The van der Waals surface area contributed by atoms with Crippen LogP contribution >= 0.6 is 15.9 Å². The first kappa shape index (κ1) is 12.8. The zero-order chi connectivity index (χ0) is 12.5. The second kappa shape index (κ2) is 4.28. The van der Waals surface area contributed by atoms with Gasteiger partial charge in [0.2, 0.25) is 0 Å². The number of anilines is 1. The van der Waals surface area contributed by atoms with Crippen molar-refractivity contribution in [2.45, 2.75) is 6.18 Å². The van der Waals surface area contributed by atoms with Crippen LogP contribution in [0.5, 0.6) is 0 Å². The van der Waals surface area contributed by atoms with Gasteiger partial charge in [0.25, 0.3) is 5.69 Å². The molecule has 0 aliphatic carbocycles. The number of nitro groups is 1. The summed E-state index contributed by atoms with van der Waals surface area (Å²) in [6, 6.07) is 1.52. The fraction of sp³-hybridized carbons (Fsp3) is 0.250. The van der Waals surface area contributed by atoms with E-state index in [-0.39, 0.29) is 10.2 Å². The fourth-order valence-electron chi connectivity index (χ4n) is 1.13. The molecule has 1 aromatic rings. The van der Waals surface area contributed by atoms with Crippen molar-refractivity contribution >= 4 is 27.3 Å². The molecule has 0 saturated heterocycles. The monoisotopic (exact) mass is 298 g/mol. The van der Waals surface area contributed by atoms with Crippen molar-refractivity contribution in [3.8, 4) is 0 Å². The lowest BCUT2D eigenvalue weighted by Crippen LogP contribution is -2.08. The third kappa shape index (κ3) is 2.43. The van der Waals surface area contributed by atoms with Crippen molar-refractivity contribution in [1.82, 2.24) is 0 Å². The molecular formula is C8H6BrF3N2O2. The van der Waals surface area contributed by atoms with Crippen LogP contribution in [-0.2, 0) is 6.18 Å². The van der Waals surface area contributed by atoms with Crippen LogP contribution in [0.25, 0.3) is 0 Å². The molecule has 8 heteroatoms. The van der Waals surface area contributed by atoms with Crippen LogP contribution < -0.4 is 5.32 Å². The van der Waals surface area contributed by atoms with E-state index in [4.69, 9.17) is 0 Å². The lowest BCUT2D eigenvalue weighted by Gasteiger charge is -2.11. The quantitative estimate of drug-likeness (QED) is 0.672. The lowest BCUT2D eigenvalue weighted by molar-refractivity contribution is -0.384. The Morgan fingerprint density at radius 3 is 2.38 bits per heavy atom. The first-order valence-electron chi connectivity index (χ1n) is 4.00. The van der Waals surface area contributed by atoms with E-state index in [2.05, 4.69) is 21.2 Å². The second-order valence-corrected chi connectivity index (χ2v) is 3.71. The van der Waals surface area contributed by atoms with E-state index in [0.29, 0.717) is 6.07 Å². The number of halogens is 4. The van der Waals surface area contributed by atoms with Gasteiger partial charge in [-0.1, -0.05) is 0 Å². The summed E-state index contributed by atoms with van der Waals surface area (Å²) in [6.07, 6.45) is -4.56. The van der Waals surface area contributed by atoms with E-state index >= 15 is 0 Å². The molecule has 0 unspecified atom stereocenters. The number of nitrogens with one attached hydrogen (secondary N) is 1. The van der Waals surface area contributed by atoms with Crippen LogP contribution in [-0.4, -0.2) is 12.0 Å². The molecular weight excluding hydrogens is 293 g/mol. The Bertz CT molecular complexity index is 434. The number of alkyl halides is 3. The van der Waals surface area contributed by atoms with E-state index in [9.17, 15) is 23.3 Å². The molecule has 0 radical (unpaired) electrons. The van der Waals surface area contributed by atoms with Gasteiger partial charge in [-0.25, -0.2) is 0 Å².